The van der Waals surface area contributed by atoms with E-state index in [4.69, 9.17) is 4.74 Å². The number of fused-ring (bicyclic) bond motifs is 1. The van der Waals surface area contributed by atoms with Gasteiger partial charge in [-0.15, -0.1) is 0 Å². The lowest BCUT2D eigenvalue weighted by atomic mass is 10.0. The highest BCUT2D eigenvalue weighted by Gasteiger charge is 2.03. The third-order valence-corrected chi connectivity index (χ3v) is 3.40. The summed E-state index contributed by atoms with van der Waals surface area (Å²) in [4.78, 5) is 0. The van der Waals surface area contributed by atoms with Gasteiger partial charge in [0.1, 0.15) is 5.75 Å². The average Bonchev–Trinajstić information content (AvgIpc) is 2.41. The molecule has 0 aromatic heterocycles. The van der Waals surface area contributed by atoms with Crippen molar-refractivity contribution in [2.75, 3.05) is 6.61 Å². The maximum absolute atomic E-state index is 5.89. The molecule has 0 spiro atoms. The molecule has 0 fully saturated rings. The highest BCUT2D eigenvalue weighted by molar-refractivity contribution is 5.87. The second-order valence-corrected chi connectivity index (χ2v) is 4.82. The van der Waals surface area contributed by atoms with Gasteiger partial charge in [0.25, 0.3) is 0 Å². The van der Waals surface area contributed by atoms with Crippen LogP contribution < -0.4 is 4.74 Å². The van der Waals surface area contributed by atoms with Gasteiger partial charge in [-0.2, -0.15) is 0 Å². The minimum atomic E-state index is 0.833. The monoisotopic (exact) mass is 242 g/mol. The smallest absolute Gasteiger partial charge is 0.122 e. The van der Waals surface area contributed by atoms with Crippen LogP contribution in [-0.2, 0) is 0 Å². The summed E-state index contributed by atoms with van der Waals surface area (Å²) in [5.41, 5.74) is 1.25. The third kappa shape index (κ3) is 3.04. The highest BCUT2D eigenvalue weighted by Crippen LogP contribution is 2.27. The van der Waals surface area contributed by atoms with E-state index in [1.165, 1.54) is 35.6 Å². The average molecular weight is 242 g/mol. The molecule has 0 N–H and O–H groups in total. The lowest BCUT2D eigenvalue weighted by Crippen LogP contribution is -1.99. The Morgan fingerprint density at radius 1 is 0.944 bits per heavy atom. The van der Waals surface area contributed by atoms with Gasteiger partial charge in [0.15, 0.2) is 0 Å². The Bertz CT molecular complexity index is 502. The largest absolute Gasteiger partial charge is 0.493 e. The quantitative estimate of drug-likeness (QED) is 0.640. The molecule has 0 aliphatic carbocycles. The van der Waals surface area contributed by atoms with Gasteiger partial charge in [0, 0.05) is 0 Å². The van der Waals surface area contributed by atoms with E-state index in [-0.39, 0.29) is 0 Å². The lowest BCUT2D eigenvalue weighted by Gasteiger charge is -2.11. The molecule has 0 saturated carbocycles. The zero-order valence-electron chi connectivity index (χ0n) is 11.4. The minimum Gasteiger partial charge on any atom is -0.493 e. The van der Waals surface area contributed by atoms with Crippen LogP contribution >= 0.6 is 0 Å². The first-order chi connectivity index (χ1) is 8.83. The van der Waals surface area contributed by atoms with E-state index in [1.54, 1.807) is 0 Å². The predicted octanol–water partition coefficient (Wildman–Crippen LogP) is 5.11. The molecule has 96 valence electrons. The molecule has 2 aromatic carbocycles. The Labute approximate surface area is 110 Å². The molecule has 1 heteroatoms. The van der Waals surface area contributed by atoms with Crippen molar-refractivity contribution in [2.45, 2.75) is 39.5 Å². The Balaban J connectivity index is 2.03. The van der Waals surface area contributed by atoms with Crippen LogP contribution in [0.2, 0.25) is 0 Å². The van der Waals surface area contributed by atoms with Crippen LogP contribution in [-0.4, -0.2) is 6.61 Å². The van der Waals surface area contributed by atoms with E-state index < -0.39 is 0 Å². The van der Waals surface area contributed by atoms with E-state index in [2.05, 4.69) is 50.2 Å². The summed E-state index contributed by atoms with van der Waals surface area (Å²) in [7, 11) is 0. The van der Waals surface area contributed by atoms with Gasteiger partial charge in [0.05, 0.1) is 6.61 Å². The van der Waals surface area contributed by atoms with Gasteiger partial charge in [-0.1, -0.05) is 56.5 Å². The van der Waals surface area contributed by atoms with Gasteiger partial charge in [-0.25, -0.2) is 0 Å². The Morgan fingerprint density at radius 3 is 2.61 bits per heavy atom. The fourth-order valence-corrected chi connectivity index (χ4v) is 2.27. The molecule has 0 atom stereocenters. The molecule has 18 heavy (non-hydrogen) atoms. The molecule has 0 aliphatic rings. The number of hydrogen-bond acceptors (Lipinski definition) is 1. The number of hydrogen-bond donors (Lipinski definition) is 0. The van der Waals surface area contributed by atoms with Crippen molar-refractivity contribution < 1.29 is 4.74 Å². The van der Waals surface area contributed by atoms with Crippen molar-refractivity contribution in [3.05, 3.63) is 42.0 Å². The van der Waals surface area contributed by atoms with E-state index in [0.29, 0.717) is 0 Å². The normalized spacial score (nSPS) is 10.8. The van der Waals surface area contributed by atoms with Crippen molar-refractivity contribution in [3.63, 3.8) is 0 Å². The van der Waals surface area contributed by atoms with Crippen molar-refractivity contribution >= 4 is 10.8 Å². The molecule has 0 unspecified atom stereocenters. The van der Waals surface area contributed by atoms with Gasteiger partial charge < -0.3 is 4.74 Å². The second-order valence-electron chi connectivity index (χ2n) is 4.82. The molecule has 0 radical (unpaired) electrons. The molecule has 2 aromatic rings. The van der Waals surface area contributed by atoms with Gasteiger partial charge in [-0.3, -0.25) is 0 Å². The number of benzene rings is 2. The maximum atomic E-state index is 5.89. The van der Waals surface area contributed by atoms with Crippen LogP contribution in [0.1, 0.15) is 38.2 Å². The van der Waals surface area contributed by atoms with Gasteiger partial charge in [0.2, 0.25) is 0 Å². The summed E-state index contributed by atoms with van der Waals surface area (Å²) in [6, 6.07) is 12.7. The Morgan fingerprint density at radius 2 is 1.78 bits per heavy atom. The van der Waals surface area contributed by atoms with Crippen LogP contribution in [0.4, 0.5) is 0 Å². The third-order valence-electron chi connectivity index (χ3n) is 3.40. The maximum Gasteiger partial charge on any atom is 0.122 e. The fourth-order valence-electron chi connectivity index (χ4n) is 2.27. The minimum absolute atomic E-state index is 0.833. The summed E-state index contributed by atoms with van der Waals surface area (Å²) < 4.78 is 5.89. The lowest BCUT2D eigenvalue weighted by molar-refractivity contribution is 0.303. The fraction of sp³-hybridized carbons (Fsp3) is 0.412. The highest BCUT2D eigenvalue weighted by atomic mass is 16.5. The Hall–Kier alpha value is -1.50. The topological polar surface area (TPSA) is 9.23 Å². The van der Waals surface area contributed by atoms with E-state index in [0.717, 1.165) is 18.8 Å². The number of aryl methyl sites for hydroxylation is 1. The van der Waals surface area contributed by atoms with E-state index in [9.17, 15) is 0 Å². The summed E-state index contributed by atoms with van der Waals surface area (Å²) in [5.74, 6) is 1.03. The van der Waals surface area contributed by atoms with Crippen LogP contribution in [0, 0.1) is 6.92 Å². The predicted molar refractivity (Wildman–Crippen MR) is 78.3 cm³/mol. The Kier molecular flexibility index (Phi) is 4.63. The SMILES string of the molecule is CCCCCCOc1ccc2ccccc2c1C. The second kappa shape index (κ2) is 6.44. The van der Waals surface area contributed by atoms with Gasteiger partial charge >= 0.3 is 0 Å². The van der Waals surface area contributed by atoms with Crippen LogP contribution in [0.15, 0.2) is 36.4 Å². The molecule has 0 saturated heterocycles. The van der Waals surface area contributed by atoms with E-state index >= 15 is 0 Å². The van der Waals surface area contributed by atoms with Crippen molar-refractivity contribution in [2.24, 2.45) is 0 Å². The summed E-state index contributed by atoms with van der Waals surface area (Å²) >= 11 is 0. The molecule has 0 aliphatic heterocycles. The zero-order chi connectivity index (χ0) is 12.8. The van der Waals surface area contributed by atoms with Gasteiger partial charge in [-0.05, 0) is 35.7 Å². The van der Waals surface area contributed by atoms with Crippen LogP contribution in [0.25, 0.3) is 10.8 Å². The first-order valence-corrected chi connectivity index (χ1v) is 6.94. The molecular weight excluding hydrogens is 220 g/mol. The number of unbranched alkanes of at least 4 members (excludes halogenated alkanes) is 3. The zero-order valence-corrected chi connectivity index (χ0v) is 11.4. The first kappa shape index (κ1) is 12.9. The standard InChI is InChI=1S/C17H22O/c1-3-4-5-8-13-18-17-12-11-15-9-6-7-10-16(15)14(17)2/h6-7,9-12H,3-5,8,13H2,1-2H3. The molecule has 2 rings (SSSR count). The molecular formula is C17H22O. The van der Waals surface area contributed by atoms with Crippen LogP contribution in [0.5, 0.6) is 5.75 Å². The molecule has 0 bridgehead atoms. The molecule has 1 nitrogen and oxygen atoms in total. The van der Waals surface area contributed by atoms with Crippen molar-refractivity contribution in [3.8, 4) is 5.75 Å². The van der Waals surface area contributed by atoms with Crippen molar-refractivity contribution in [1.29, 1.82) is 0 Å². The van der Waals surface area contributed by atoms with E-state index in [1.807, 2.05) is 0 Å². The summed E-state index contributed by atoms with van der Waals surface area (Å²) in [6.07, 6.45) is 5.00. The number of rotatable bonds is 6. The van der Waals surface area contributed by atoms with Crippen molar-refractivity contribution in [1.82, 2.24) is 0 Å². The van der Waals surface area contributed by atoms with Crippen LogP contribution in [0.3, 0.4) is 0 Å². The number of ether oxygens (including phenoxy) is 1. The summed E-state index contributed by atoms with van der Waals surface area (Å²) in [6.45, 7) is 5.21. The summed E-state index contributed by atoms with van der Waals surface area (Å²) in [5, 5.41) is 2.58. The molecule has 0 heterocycles. The first-order valence-electron chi connectivity index (χ1n) is 6.94. The molecule has 0 amide bonds.